The third kappa shape index (κ3) is 1.60. The Hall–Kier alpha value is -0.0800. The van der Waals surface area contributed by atoms with E-state index in [1.807, 2.05) is 0 Å². The summed E-state index contributed by atoms with van der Waals surface area (Å²) < 4.78 is 0. The van der Waals surface area contributed by atoms with Crippen LogP contribution in [0.15, 0.2) is 0 Å². The Morgan fingerprint density at radius 2 is 1.76 bits per heavy atom. The first-order chi connectivity index (χ1) is 8.13. The predicted molar refractivity (Wildman–Crippen MR) is 70.0 cm³/mol. The summed E-state index contributed by atoms with van der Waals surface area (Å²) in [6, 6.07) is 1.75. The van der Waals surface area contributed by atoms with Crippen molar-refractivity contribution in [1.29, 1.82) is 0 Å². The Balaban J connectivity index is 1.36. The van der Waals surface area contributed by atoms with Gasteiger partial charge in [0.15, 0.2) is 0 Å². The summed E-state index contributed by atoms with van der Waals surface area (Å²) in [5.41, 5.74) is 1.55. The molecular weight excluding hydrogens is 208 g/mol. The average molecular weight is 234 g/mol. The second-order valence-electron chi connectivity index (χ2n) is 7.58. The molecule has 3 atom stereocenters. The maximum absolute atomic E-state index is 2.79. The van der Waals surface area contributed by atoms with Crippen LogP contribution in [0.5, 0.6) is 0 Å². The molecule has 0 amide bonds. The molecule has 0 aromatic carbocycles. The van der Waals surface area contributed by atoms with Crippen molar-refractivity contribution in [2.75, 3.05) is 26.7 Å². The van der Waals surface area contributed by atoms with Crippen molar-refractivity contribution in [2.24, 2.45) is 10.8 Å². The van der Waals surface area contributed by atoms with E-state index in [4.69, 9.17) is 0 Å². The van der Waals surface area contributed by atoms with Crippen molar-refractivity contribution in [3.8, 4) is 0 Å². The van der Waals surface area contributed by atoms with Crippen LogP contribution in [0.4, 0.5) is 0 Å². The summed E-state index contributed by atoms with van der Waals surface area (Å²) in [6.07, 6.45) is 9.01. The first kappa shape index (κ1) is 10.8. The lowest BCUT2D eigenvalue weighted by atomic mass is 9.92. The van der Waals surface area contributed by atoms with Crippen molar-refractivity contribution in [2.45, 2.75) is 57.5 Å². The highest BCUT2D eigenvalue weighted by Gasteiger charge is 2.62. The summed E-state index contributed by atoms with van der Waals surface area (Å²) >= 11 is 0. The number of likely N-dealkylation sites (tertiary alicyclic amines) is 2. The molecule has 0 radical (unpaired) electrons. The number of hydrogen-bond donors (Lipinski definition) is 0. The van der Waals surface area contributed by atoms with Crippen LogP contribution in [0.3, 0.4) is 0 Å². The predicted octanol–water partition coefficient (Wildman–Crippen LogP) is 2.35. The fraction of sp³-hybridized carbons (Fsp3) is 1.00. The lowest BCUT2D eigenvalue weighted by Crippen LogP contribution is -2.38. The Labute approximate surface area is 105 Å². The van der Waals surface area contributed by atoms with Crippen molar-refractivity contribution in [1.82, 2.24) is 9.80 Å². The fourth-order valence-electron chi connectivity index (χ4n) is 4.70. The van der Waals surface area contributed by atoms with E-state index in [1.165, 1.54) is 58.2 Å². The van der Waals surface area contributed by atoms with Gasteiger partial charge in [-0.3, -0.25) is 0 Å². The van der Waals surface area contributed by atoms with Crippen LogP contribution < -0.4 is 0 Å². The molecule has 0 bridgehead atoms. The summed E-state index contributed by atoms with van der Waals surface area (Å²) in [4.78, 5) is 5.42. The lowest BCUT2D eigenvalue weighted by Gasteiger charge is -2.34. The van der Waals surface area contributed by atoms with E-state index in [-0.39, 0.29) is 0 Å². The van der Waals surface area contributed by atoms with E-state index >= 15 is 0 Å². The topological polar surface area (TPSA) is 6.48 Å². The first-order valence-corrected chi connectivity index (χ1v) is 7.57. The molecule has 17 heavy (non-hydrogen) atoms. The van der Waals surface area contributed by atoms with Gasteiger partial charge in [0.1, 0.15) is 0 Å². The molecule has 96 valence electrons. The Morgan fingerprint density at radius 3 is 2.29 bits per heavy atom. The van der Waals surface area contributed by atoms with Gasteiger partial charge >= 0.3 is 0 Å². The normalized spacial score (nSPS) is 48.4. The van der Waals surface area contributed by atoms with E-state index in [0.29, 0.717) is 5.41 Å². The molecular formula is C15H26N2. The minimum Gasteiger partial charge on any atom is -0.303 e. The van der Waals surface area contributed by atoms with Gasteiger partial charge in [0.2, 0.25) is 0 Å². The van der Waals surface area contributed by atoms with Gasteiger partial charge in [0.05, 0.1) is 0 Å². The quantitative estimate of drug-likeness (QED) is 0.723. The molecule has 2 aliphatic carbocycles. The number of piperidine rings is 2. The van der Waals surface area contributed by atoms with Crippen LogP contribution >= 0.6 is 0 Å². The summed E-state index contributed by atoms with van der Waals surface area (Å²) in [5, 5.41) is 0. The standard InChI is InChI=1S/C15H26N2/c1-12-9-15(10-13(15)16(12)2)11-17-7-5-14(3-4-14)6-8-17/h12-13H,3-11H2,1-2H3. The molecule has 0 aromatic heterocycles. The molecule has 4 aliphatic rings. The van der Waals surface area contributed by atoms with E-state index in [9.17, 15) is 0 Å². The van der Waals surface area contributed by atoms with Crippen LogP contribution in [-0.2, 0) is 0 Å². The fourth-order valence-corrected chi connectivity index (χ4v) is 4.70. The molecule has 2 saturated heterocycles. The maximum atomic E-state index is 2.79. The van der Waals surface area contributed by atoms with Gasteiger partial charge in [0, 0.05) is 24.0 Å². The number of fused-ring (bicyclic) bond motifs is 1. The summed E-state index contributed by atoms with van der Waals surface area (Å²) in [7, 11) is 2.33. The van der Waals surface area contributed by atoms with Gasteiger partial charge in [-0.15, -0.1) is 0 Å². The Kier molecular flexibility index (Phi) is 2.08. The zero-order valence-electron chi connectivity index (χ0n) is 11.4. The van der Waals surface area contributed by atoms with Gasteiger partial charge in [-0.1, -0.05) is 0 Å². The highest BCUT2D eigenvalue weighted by atomic mass is 15.3. The summed E-state index contributed by atoms with van der Waals surface area (Å²) in [5.74, 6) is 0. The molecule has 2 heterocycles. The Morgan fingerprint density at radius 1 is 1.06 bits per heavy atom. The zero-order valence-corrected chi connectivity index (χ0v) is 11.4. The van der Waals surface area contributed by atoms with Crippen LogP contribution in [0.25, 0.3) is 0 Å². The van der Waals surface area contributed by atoms with Gasteiger partial charge in [-0.2, -0.15) is 0 Å². The first-order valence-electron chi connectivity index (χ1n) is 7.57. The maximum Gasteiger partial charge on any atom is 0.0171 e. The van der Waals surface area contributed by atoms with Crippen LogP contribution in [-0.4, -0.2) is 48.6 Å². The van der Waals surface area contributed by atoms with Crippen molar-refractivity contribution in [3.63, 3.8) is 0 Å². The highest BCUT2D eigenvalue weighted by Crippen LogP contribution is 2.60. The molecule has 3 unspecified atom stereocenters. The third-order valence-electron chi connectivity index (χ3n) is 6.45. The van der Waals surface area contributed by atoms with Gasteiger partial charge in [0.25, 0.3) is 0 Å². The second-order valence-corrected chi connectivity index (χ2v) is 7.58. The van der Waals surface area contributed by atoms with E-state index in [1.54, 1.807) is 0 Å². The molecule has 2 nitrogen and oxygen atoms in total. The Bertz CT molecular complexity index is 326. The lowest BCUT2D eigenvalue weighted by molar-refractivity contribution is 0.143. The average Bonchev–Trinajstić information content (AvgIpc) is 3.19. The summed E-state index contributed by atoms with van der Waals surface area (Å²) in [6.45, 7) is 6.60. The van der Waals surface area contributed by atoms with Gasteiger partial charge in [-0.25, -0.2) is 0 Å². The van der Waals surface area contributed by atoms with E-state index in [0.717, 1.165) is 17.5 Å². The number of hydrogen-bond acceptors (Lipinski definition) is 2. The molecule has 0 aromatic rings. The van der Waals surface area contributed by atoms with Crippen LogP contribution in [0.1, 0.15) is 45.4 Å². The number of rotatable bonds is 2. The highest BCUT2D eigenvalue weighted by molar-refractivity contribution is 5.16. The molecule has 0 N–H and O–H groups in total. The molecule has 2 heteroatoms. The van der Waals surface area contributed by atoms with E-state index in [2.05, 4.69) is 23.8 Å². The second kappa shape index (κ2) is 3.27. The van der Waals surface area contributed by atoms with Crippen LogP contribution in [0.2, 0.25) is 0 Å². The molecule has 2 aliphatic heterocycles. The SMILES string of the molecule is CC1CC2(CN3CCC4(CC3)CC4)CC2N1C. The van der Waals surface area contributed by atoms with Gasteiger partial charge < -0.3 is 9.80 Å². The van der Waals surface area contributed by atoms with Crippen molar-refractivity contribution in [3.05, 3.63) is 0 Å². The minimum absolute atomic E-state index is 0.711. The monoisotopic (exact) mass is 234 g/mol. The van der Waals surface area contributed by atoms with E-state index < -0.39 is 0 Å². The third-order valence-corrected chi connectivity index (χ3v) is 6.45. The van der Waals surface area contributed by atoms with Crippen molar-refractivity contribution >= 4 is 0 Å². The number of nitrogens with zero attached hydrogens (tertiary/aromatic N) is 2. The van der Waals surface area contributed by atoms with Gasteiger partial charge in [-0.05, 0) is 71.0 Å². The molecule has 4 fully saturated rings. The smallest absolute Gasteiger partial charge is 0.0171 e. The molecule has 2 saturated carbocycles. The molecule has 1 spiro atoms. The minimum atomic E-state index is 0.711. The zero-order chi connectivity index (χ0) is 11.7. The van der Waals surface area contributed by atoms with Crippen LogP contribution in [0, 0.1) is 10.8 Å². The molecule has 4 rings (SSSR count). The van der Waals surface area contributed by atoms with Crippen molar-refractivity contribution < 1.29 is 0 Å². The largest absolute Gasteiger partial charge is 0.303 e.